The summed E-state index contributed by atoms with van der Waals surface area (Å²) < 4.78 is 8.01. The number of aromatic nitrogens is 3. The van der Waals surface area contributed by atoms with E-state index in [2.05, 4.69) is 64.6 Å². The molecule has 1 aliphatic heterocycles. The van der Waals surface area contributed by atoms with Crippen LogP contribution in [0.4, 0.5) is 0 Å². The van der Waals surface area contributed by atoms with Gasteiger partial charge in [-0.1, -0.05) is 47.7 Å². The second-order valence-corrected chi connectivity index (χ2v) is 11.8. The molecule has 0 radical (unpaired) electrons. The van der Waals surface area contributed by atoms with Gasteiger partial charge in [0.2, 0.25) is 0 Å². The van der Waals surface area contributed by atoms with Gasteiger partial charge in [-0.25, -0.2) is 4.68 Å². The van der Waals surface area contributed by atoms with Crippen LogP contribution in [0.3, 0.4) is 0 Å². The van der Waals surface area contributed by atoms with Gasteiger partial charge >= 0.3 is 5.97 Å². The van der Waals surface area contributed by atoms with Crippen LogP contribution in [0.15, 0.2) is 54.6 Å². The summed E-state index contributed by atoms with van der Waals surface area (Å²) in [5.41, 5.74) is 7.58. The molecule has 7 heteroatoms. The van der Waals surface area contributed by atoms with Gasteiger partial charge in [-0.2, -0.15) is 0 Å². The fourth-order valence-electron chi connectivity index (χ4n) is 6.68. The van der Waals surface area contributed by atoms with E-state index in [0.29, 0.717) is 0 Å². The zero-order valence-corrected chi connectivity index (χ0v) is 23.3. The number of nitrogens with zero attached hydrogens (tertiary/aromatic N) is 4. The van der Waals surface area contributed by atoms with Crippen LogP contribution in [-0.4, -0.2) is 43.6 Å². The maximum Gasteiger partial charge on any atom is 0.310 e. The Morgan fingerprint density at radius 1 is 1.13 bits per heavy atom. The summed E-state index contributed by atoms with van der Waals surface area (Å²) in [6, 6.07) is 19.3. The van der Waals surface area contributed by atoms with Gasteiger partial charge in [0.25, 0.3) is 0 Å². The van der Waals surface area contributed by atoms with Gasteiger partial charge in [-0.05, 0) is 80.5 Å². The summed E-state index contributed by atoms with van der Waals surface area (Å²) in [5.74, 6) is -0.198. The number of carboxylic acids is 1. The van der Waals surface area contributed by atoms with Crippen molar-refractivity contribution in [1.82, 2.24) is 19.9 Å². The predicted molar refractivity (Wildman–Crippen MR) is 151 cm³/mol. The van der Waals surface area contributed by atoms with Crippen molar-refractivity contribution in [3.05, 3.63) is 88.0 Å². The van der Waals surface area contributed by atoms with E-state index in [1.807, 2.05) is 40.0 Å². The molecule has 202 valence electrons. The third-order valence-electron chi connectivity index (χ3n) is 8.82. The number of fused-ring (bicyclic) bond motifs is 3. The highest BCUT2D eigenvalue weighted by molar-refractivity contribution is 5.81. The number of aryl methyl sites for hydroxylation is 3. The first-order chi connectivity index (χ1) is 18.6. The van der Waals surface area contributed by atoms with E-state index in [4.69, 9.17) is 4.74 Å². The molecule has 3 aromatic carbocycles. The third-order valence-corrected chi connectivity index (χ3v) is 8.82. The average molecular weight is 525 g/mol. The summed E-state index contributed by atoms with van der Waals surface area (Å²) in [5, 5.41) is 19.0. The predicted octanol–water partition coefficient (Wildman–Crippen LogP) is 5.79. The minimum Gasteiger partial charge on any atom is -0.489 e. The van der Waals surface area contributed by atoms with Gasteiger partial charge in [0, 0.05) is 37.7 Å². The van der Waals surface area contributed by atoms with Gasteiger partial charge in [-0.3, -0.25) is 9.69 Å². The number of rotatable bonds is 5. The molecule has 39 heavy (non-hydrogen) atoms. The van der Waals surface area contributed by atoms with Gasteiger partial charge < -0.3 is 9.84 Å². The van der Waals surface area contributed by atoms with Crippen molar-refractivity contribution >= 4 is 17.0 Å². The average Bonchev–Trinajstić information content (AvgIpc) is 3.44. The molecule has 0 saturated carbocycles. The van der Waals surface area contributed by atoms with Crippen LogP contribution < -0.4 is 4.74 Å². The molecule has 0 bridgehead atoms. The number of carbonyl (C=O) groups is 1. The lowest BCUT2D eigenvalue weighted by molar-refractivity contribution is -0.147. The molecule has 1 N–H and O–H groups in total. The molecular formula is C32H36N4O3. The van der Waals surface area contributed by atoms with E-state index in [1.165, 1.54) is 16.7 Å². The topological polar surface area (TPSA) is 80.5 Å². The van der Waals surface area contributed by atoms with Crippen LogP contribution in [0.25, 0.3) is 11.0 Å². The molecule has 0 amide bonds. The number of ether oxygens (including phenoxy) is 1. The summed E-state index contributed by atoms with van der Waals surface area (Å²) in [6.45, 7) is 9.50. The number of hydrogen-bond donors (Lipinski definition) is 1. The maximum atomic E-state index is 12.7. The van der Waals surface area contributed by atoms with Gasteiger partial charge in [0.15, 0.2) is 0 Å². The summed E-state index contributed by atoms with van der Waals surface area (Å²) in [7, 11) is 1.88. The van der Waals surface area contributed by atoms with Gasteiger partial charge in [0.1, 0.15) is 17.4 Å². The third kappa shape index (κ3) is 4.29. The Bertz CT molecular complexity index is 1570. The number of carboxylic acid groups (broad SMARTS) is 1. The highest BCUT2D eigenvalue weighted by atomic mass is 16.5. The molecular weight excluding hydrogens is 488 g/mol. The van der Waals surface area contributed by atoms with E-state index < -0.39 is 11.4 Å². The van der Waals surface area contributed by atoms with Crippen LogP contribution in [0.5, 0.6) is 5.75 Å². The van der Waals surface area contributed by atoms with Crippen molar-refractivity contribution in [3.8, 4) is 5.75 Å². The lowest BCUT2D eigenvalue weighted by atomic mass is 9.69. The van der Waals surface area contributed by atoms with Crippen molar-refractivity contribution in [2.24, 2.45) is 12.5 Å². The van der Waals surface area contributed by atoms with E-state index in [9.17, 15) is 9.90 Å². The van der Waals surface area contributed by atoms with Crippen LogP contribution in [0.1, 0.15) is 72.5 Å². The SMILES string of the molecule is Cc1c(C(c2ccc3c(c2)C(N2Cc4ccccc4OC(C)C2)CC3)C(C)(C)C(=O)O)ccc2c1nnn2C. The Morgan fingerprint density at radius 3 is 2.72 bits per heavy atom. The Labute approximate surface area is 229 Å². The summed E-state index contributed by atoms with van der Waals surface area (Å²) >= 11 is 0. The van der Waals surface area contributed by atoms with Crippen molar-refractivity contribution in [3.63, 3.8) is 0 Å². The fraction of sp³-hybridized carbons (Fsp3) is 0.406. The zero-order chi connectivity index (χ0) is 27.5. The maximum absolute atomic E-state index is 12.7. The standard InChI is InChI=1S/C32H36N4O3/c1-19-17-36(18-23-8-6-7-9-28(23)39-19)26-14-12-21-10-11-22(16-25(21)26)29(32(3,4)31(37)38)24-13-15-27-30(20(24)2)33-34-35(27)5/h6-11,13,15-16,19,26,29H,12,14,17-18H2,1-5H3,(H,37,38). The second-order valence-electron chi connectivity index (χ2n) is 11.8. The van der Waals surface area contributed by atoms with Crippen molar-refractivity contribution in [2.45, 2.75) is 65.1 Å². The Morgan fingerprint density at radius 2 is 1.92 bits per heavy atom. The minimum absolute atomic E-state index is 0.0842. The van der Waals surface area contributed by atoms with Crippen LogP contribution in [-0.2, 0) is 24.8 Å². The van der Waals surface area contributed by atoms with Gasteiger partial charge in [-0.15, -0.1) is 5.10 Å². The van der Waals surface area contributed by atoms with Crippen LogP contribution in [0, 0.1) is 12.3 Å². The molecule has 1 aromatic heterocycles. The van der Waals surface area contributed by atoms with Crippen LogP contribution >= 0.6 is 0 Å². The molecule has 6 rings (SSSR count). The highest BCUT2D eigenvalue weighted by Crippen LogP contribution is 2.46. The molecule has 3 atom stereocenters. The first-order valence-corrected chi connectivity index (χ1v) is 13.8. The molecule has 2 aliphatic rings. The van der Waals surface area contributed by atoms with E-state index in [0.717, 1.165) is 59.4 Å². The van der Waals surface area contributed by atoms with Crippen molar-refractivity contribution in [2.75, 3.05) is 6.54 Å². The van der Waals surface area contributed by atoms with Crippen molar-refractivity contribution < 1.29 is 14.6 Å². The minimum atomic E-state index is -1.03. The molecule has 3 unspecified atom stereocenters. The van der Waals surface area contributed by atoms with Crippen molar-refractivity contribution in [1.29, 1.82) is 0 Å². The zero-order valence-electron chi connectivity index (χ0n) is 23.3. The highest BCUT2D eigenvalue weighted by Gasteiger charge is 2.41. The van der Waals surface area contributed by atoms with E-state index in [1.54, 1.807) is 4.68 Å². The molecule has 1 aliphatic carbocycles. The lowest BCUT2D eigenvalue weighted by Gasteiger charge is -2.34. The first kappa shape index (κ1) is 25.6. The molecule has 2 heterocycles. The first-order valence-electron chi connectivity index (χ1n) is 13.8. The number of hydrogen-bond acceptors (Lipinski definition) is 5. The molecule has 0 fully saturated rings. The quantitative estimate of drug-likeness (QED) is 0.356. The molecule has 0 saturated heterocycles. The number of para-hydroxylation sites is 1. The Kier molecular flexibility index (Phi) is 6.22. The molecule has 7 nitrogen and oxygen atoms in total. The Hall–Kier alpha value is -3.71. The normalized spacial score (nSPS) is 20.2. The number of aliphatic carboxylic acids is 1. The van der Waals surface area contributed by atoms with Gasteiger partial charge in [0.05, 0.1) is 10.9 Å². The van der Waals surface area contributed by atoms with Crippen LogP contribution in [0.2, 0.25) is 0 Å². The number of benzene rings is 3. The second kappa shape index (κ2) is 9.49. The van der Waals surface area contributed by atoms with E-state index in [-0.39, 0.29) is 18.1 Å². The Balaban J connectivity index is 1.44. The fourth-order valence-corrected chi connectivity index (χ4v) is 6.68. The molecule has 0 spiro atoms. The monoisotopic (exact) mass is 524 g/mol. The largest absolute Gasteiger partial charge is 0.489 e. The molecule has 4 aromatic rings. The lowest BCUT2D eigenvalue weighted by Crippen LogP contribution is -2.34. The summed E-state index contributed by atoms with van der Waals surface area (Å²) in [6.07, 6.45) is 2.15. The smallest absolute Gasteiger partial charge is 0.310 e. The summed E-state index contributed by atoms with van der Waals surface area (Å²) in [4.78, 5) is 15.2. The van der Waals surface area contributed by atoms with E-state index >= 15 is 0 Å².